The molecule has 1 aromatic carbocycles. The lowest BCUT2D eigenvalue weighted by molar-refractivity contribution is 0.359. The number of aromatic nitrogens is 1. The molecule has 28 heavy (non-hydrogen) atoms. The van der Waals surface area contributed by atoms with Gasteiger partial charge in [0.25, 0.3) is 0 Å². The van der Waals surface area contributed by atoms with Crippen molar-refractivity contribution in [2.24, 2.45) is 0 Å². The summed E-state index contributed by atoms with van der Waals surface area (Å²) in [5, 5.41) is 10.2. The lowest BCUT2D eigenvalue weighted by Gasteiger charge is -2.23. The summed E-state index contributed by atoms with van der Waals surface area (Å²) < 4.78 is 0. The Kier molecular flexibility index (Phi) is 9.93. The first-order valence-electron chi connectivity index (χ1n) is 9.47. The zero-order chi connectivity index (χ0) is 21.3. The van der Waals surface area contributed by atoms with Crippen molar-refractivity contribution in [1.29, 1.82) is 0 Å². The maximum absolute atomic E-state index is 10.2. The van der Waals surface area contributed by atoms with Gasteiger partial charge in [-0.1, -0.05) is 12.1 Å². The van der Waals surface area contributed by atoms with Crippen LogP contribution >= 0.6 is 0 Å². The molecule has 0 atom stereocenters. The zero-order valence-electron chi connectivity index (χ0n) is 18.8. The minimum absolute atomic E-state index is 0.396. The molecule has 0 aliphatic rings. The van der Waals surface area contributed by atoms with Crippen LogP contribution in [0.5, 0.6) is 5.75 Å². The summed E-state index contributed by atoms with van der Waals surface area (Å²) in [6, 6.07) is 9.71. The highest BCUT2D eigenvalue weighted by Crippen LogP contribution is 2.27. The molecular weight excluding hydrogens is 350 g/mol. The Hall–Kier alpha value is -2.15. The van der Waals surface area contributed by atoms with Crippen molar-refractivity contribution in [1.82, 2.24) is 19.7 Å². The van der Waals surface area contributed by atoms with E-state index in [1.54, 1.807) is 6.20 Å². The summed E-state index contributed by atoms with van der Waals surface area (Å²) in [4.78, 5) is 12.5. The number of rotatable bonds is 7. The summed E-state index contributed by atoms with van der Waals surface area (Å²) in [6.45, 7) is 2.50. The standard InChI is InChI=1S/C15H27N3O.C7H10N2/c1-16(2)9-12-7-8-15(19)14(11-18(5)6)13(12)10-17(3)4;1-9(2)7-5-3-4-6-8-7/h7-8,19H,9-11H2,1-6H3;3-6H,1-2H3. The van der Waals surface area contributed by atoms with Gasteiger partial charge in [0.1, 0.15) is 11.6 Å². The highest BCUT2D eigenvalue weighted by atomic mass is 16.3. The summed E-state index contributed by atoms with van der Waals surface area (Å²) in [7, 11) is 16.3. The van der Waals surface area contributed by atoms with Crippen LogP contribution < -0.4 is 4.90 Å². The fourth-order valence-electron chi connectivity index (χ4n) is 2.84. The molecule has 2 rings (SSSR count). The molecule has 156 valence electrons. The van der Waals surface area contributed by atoms with Crippen LogP contribution in [0.4, 0.5) is 5.82 Å². The molecule has 0 amide bonds. The highest BCUT2D eigenvalue weighted by Gasteiger charge is 2.15. The van der Waals surface area contributed by atoms with Gasteiger partial charge in [0.05, 0.1) is 0 Å². The van der Waals surface area contributed by atoms with Gasteiger partial charge < -0.3 is 24.7 Å². The van der Waals surface area contributed by atoms with Crippen LogP contribution in [0.25, 0.3) is 0 Å². The van der Waals surface area contributed by atoms with Crippen LogP contribution in [0.2, 0.25) is 0 Å². The summed E-state index contributed by atoms with van der Waals surface area (Å²) in [5.41, 5.74) is 3.57. The van der Waals surface area contributed by atoms with Crippen LogP contribution in [0.15, 0.2) is 36.5 Å². The first-order chi connectivity index (χ1) is 13.1. The Morgan fingerprint density at radius 3 is 1.71 bits per heavy atom. The molecular formula is C22H37N5O. The first kappa shape index (κ1) is 23.9. The number of nitrogens with zero attached hydrogens (tertiary/aromatic N) is 5. The molecule has 0 bridgehead atoms. The van der Waals surface area contributed by atoms with Gasteiger partial charge in [0.15, 0.2) is 0 Å². The van der Waals surface area contributed by atoms with Crippen molar-refractivity contribution in [2.75, 3.05) is 61.3 Å². The Bertz CT molecular complexity index is 700. The lowest BCUT2D eigenvalue weighted by atomic mass is 9.98. The molecule has 6 nitrogen and oxygen atoms in total. The molecule has 1 heterocycles. The molecule has 2 aromatic rings. The lowest BCUT2D eigenvalue weighted by Crippen LogP contribution is -2.20. The molecule has 0 saturated carbocycles. The molecule has 1 aromatic heterocycles. The van der Waals surface area contributed by atoms with E-state index in [2.05, 4.69) is 47.9 Å². The van der Waals surface area contributed by atoms with E-state index in [1.165, 1.54) is 11.1 Å². The van der Waals surface area contributed by atoms with E-state index in [-0.39, 0.29) is 0 Å². The molecule has 0 radical (unpaired) electrons. The van der Waals surface area contributed by atoms with E-state index < -0.39 is 0 Å². The van der Waals surface area contributed by atoms with Crippen molar-refractivity contribution in [2.45, 2.75) is 19.6 Å². The van der Waals surface area contributed by atoms with E-state index >= 15 is 0 Å². The van der Waals surface area contributed by atoms with Gasteiger partial charge in [0, 0.05) is 45.5 Å². The zero-order valence-corrected chi connectivity index (χ0v) is 18.8. The number of pyridine rings is 1. The molecule has 0 fully saturated rings. The van der Waals surface area contributed by atoms with Crippen LogP contribution in [-0.4, -0.2) is 81.2 Å². The van der Waals surface area contributed by atoms with Crippen LogP contribution in [0.1, 0.15) is 16.7 Å². The predicted octanol–water partition coefficient (Wildman–Crippen LogP) is 2.72. The fraction of sp³-hybridized carbons (Fsp3) is 0.500. The molecule has 6 heteroatoms. The van der Waals surface area contributed by atoms with Crippen molar-refractivity contribution >= 4 is 5.82 Å². The van der Waals surface area contributed by atoms with Crippen molar-refractivity contribution in [3.63, 3.8) is 0 Å². The monoisotopic (exact) mass is 387 g/mol. The highest BCUT2D eigenvalue weighted by molar-refractivity contribution is 5.44. The second kappa shape index (κ2) is 11.6. The molecule has 0 spiro atoms. The first-order valence-corrected chi connectivity index (χ1v) is 9.47. The average Bonchev–Trinajstić information content (AvgIpc) is 2.61. The van der Waals surface area contributed by atoms with Gasteiger partial charge in [-0.2, -0.15) is 0 Å². The predicted molar refractivity (Wildman–Crippen MR) is 119 cm³/mol. The maximum Gasteiger partial charge on any atom is 0.127 e. The Morgan fingerprint density at radius 2 is 1.29 bits per heavy atom. The van der Waals surface area contributed by atoms with E-state index in [0.717, 1.165) is 31.0 Å². The molecule has 1 N–H and O–H groups in total. The number of hydrogen-bond donors (Lipinski definition) is 1. The van der Waals surface area contributed by atoms with Crippen LogP contribution in [0.3, 0.4) is 0 Å². The van der Waals surface area contributed by atoms with E-state index in [9.17, 15) is 5.11 Å². The number of hydrogen-bond acceptors (Lipinski definition) is 6. The number of phenols is 1. The van der Waals surface area contributed by atoms with Gasteiger partial charge >= 0.3 is 0 Å². The van der Waals surface area contributed by atoms with Crippen LogP contribution in [-0.2, 0) is 19.6 Å². The fourth-order valence-corrected chi connectivity index (χ4v) is 2.84. The smallest absolute Gasteiger partial charge is 0.127 e. The quantitative estimate of drug-likeness (QED) is 0.788. The number of phenolic OH excluding ortho intramolecular Hbond substituents is 1. The average molecular weight is 388 g/mol. The molecule has 0 saturated heterocycles. The van der Waals surface area contributed by atoms with Gasteiger partial charge in [-0.3, -0.25) is 0 Å². The number of benzene rings is 1. The maximum atomic E-state index is 10.2. The van der Waals surface area contributed by atoms with Gasteiger partial charge in [-0.05, 0) is 71.6 Å². The third kappa shape index (κ3) is 8.25. The topological polar surface area (TPSA) is 46.1 Å². The second-order valence-corrected chi connectivity index (χ2v) is 8.00. The second-order valence-electron chi connectivity index (χ2n) is 8.00. The van der Waals surface area contributed by atoms with Crippen LogP contribution in [0, 0.1) is 0 Å². The summed E-state index contributed by atoms with van der Waals surface area (Å²) in [6.07, 6.45) is 1.79. The third-order valence-corrected chi connectivity index (χ3v) is 4.05. The van der Waals surface area contributed by atoms with Gasteiger partial charge in [-0.25, -0.2) is 4.98 Å². The van der Waals surface area contributed by atoms with E-state index in [1.807, 2.05) is 63.4 Å². The summed E-state index contributed by atoms with van der Waals surface area (Å²) in [5.74, 6) is 1.39. The molecule has 0 aliphatic heterocycles. The Balaban J connectivity index is 0.000000362. The van der Waals surface area contributed by atoms with E-state index in [0.29, 0.717) is 5.75 Å². The Morgan fingerprint density at radius 1 is 0.714 bits per heavy atom. The van der Waals surface area contributed by atoms with E-state index in [4.69, 9.17) is 0 Å². The van der Waals surface area contributed by atoms with Crippen molar-refractivity contribution in [3.8, 4) is 5.75 Å². The van der Waals surface area contributed by atoms with Gasteiger partial charge in [0.2, 0.25) is 0 Å². The SMILES string of the molecule is CN(C)Cc1ccc(O)c(CN(C)C)c1CN(C)C.CN(C)c1ccccn1. The normalized spacial score (nSPS) is 11.0. The minimum atomic E-state index is 0.396. The molecule has 0 aliphatic carbocycles. The minimum Gasteiger partial charge on any atom is -0.508 e. The van der Waals surface area contributed by atoms with Crippen molar-refractivity contribution < 1.29 is 5.11 Å². The largest absolute Gasteiger partial charge is 0.508 e. The Labute approximate surface area is 171 Å². The number of aromatic hydroxyl groups is 1. The third-order valence-electron chi connectivity index (χ3n) is 4.05. The molecule has 0 unspecified atom stereocenters. The summed E-state index contributed by atoms with van der Waals surface area (Å²) >= 11 is 0. The van der Waals surface area contributed by atoms with Crippen molar-refractivity contribution in [3.05, 3.63) is 53.2 Å². The van der Waals surface area contributed by atoms with Gasteiger partial charge in [-0.15, -0.1) is 0 Å². The number of anilines is 1.